The first-order chi connectivity index (χ1) is 1.91. The van der Waals surface area contributed by atoms with Gasteiger partial charge in [-0.3, -0.25) is 0 Å². The molecule has 0 atom stereocenters. The molecule has 0 aromatic rings. The van der Waals surface area contributed by atoms with Crippen LogP contribution in [0.1, 0.15) is 0 Å². The first-order valence-electron chi connectivity index (χ1n) is 1.32. The summed E-state index contributed by atoms with van der Waals surface area (Å²) in [6.07, 6.45) is 0. The summed E-state index contributed by atoms with van der Waals surface area (Å²) in [6.45, 7) is 1.19. The summed E-state index contributed by atoms with van der Waals surface area (Å²) in [4.78, 5) is 0. The molecule has 0 aromatic heterocycles. The number of nitrogens with two attached hydrogens (primary N) is 2. The monoisotopic (exact) mass is 307 g/mol. The van der Waals surface area contributed by atoms with Crippen LogP contribution in [-0.2, 0) is 68.3 Å². The van der Waals surface area contributed by atoms with Gasteiger partial charge in [-0.2, -0.15) is 0 Å². The van der Waals surface area contributed by atoms with Crippen molar-refractivity contribution in [3.05, 3.63) is 0 Å². The summed E-state index contributed by atoms with van der Waals surface area (Å²) in [5.74, 6) is 0. The molecule has 2 nitrogen and oxygen atoms in total. The predicted octanol–water partition coefficient (Wildman–Crippen LogP) is -1.49. The van der Waals surface area contributed by atoms with Crippen molar-refractivity contribution in [2.75, 3.05) is 13.1 Å². The standard InChI is InChI=1S/C2H8N2.4Fe.Na/c3-1-2-4;;;;;/h1-4H2;;;;;. The number of hydrogen-bond donors (Lipinski definition) is 2. The van der Waals surface area contributed by atoms with E-state index in [4.69, 9.17) is 11.5 Å². The molecule has 0 aliphatic carbocycles. The second kappa shape index (κ2) is 44.0. The van der Waals surface area contributed by atoms with E-state index in [2.05, 4.69) is 0 Å². The van der Waals surface area contributed by atoms with Gasteiger partial charge >= 0.3 is 0 Å². The minimum atomic E-state index is 0. The molecule has 0 saturated carbocycles. The molecule has 0 aromatic carbocycles. The third-order valence-electron chi connectivity index (χ3n) is 0.167. The Morgan fingerprint density at radius 3 is 0.778 bits per heavy atom. The van der Waals surface area contributed by atoms with Crippen LogP contribution in [0.4, 0.5) is 0 Å². The molecule has 0 spiro atoms. The van der Waals surface area contributed by atoms with Crippen molar-refractivity contribution in [1.82, 2.24) is 0 Å². The summed E-state index contributed by atoms with van der Waals surface area (Å²) in [5.41, 5.74) is 9.81. The third kappa shape index (κ3) is 55.7. The van der Waals surface area contributed by atoms with Crippen LogP contribution in [-0.4, -0.2) is 42.6 Å². The Bertz CT molecular complexity index is 18.5. The first-order valence-corrected chi connectivity index (χ1v) is 1.32. The second-order valence-corrected chi connectivity index (χ2v) is 0.577. The Hall–Kier alpha value is 3.00. The van der Waals surface area contributed by atoms with E-state index in [0.717, 1.165) is 0 Å². The topological polar surface area (TPSA) is 52.0 Å². The van der Waals surface area contributed by atoms with Gasteiger partial charge in [0.15, 0.2) is 0 Å². The van der Waals surface area contributed by atoms with Crippen molar-refractivity contribution < 1.29 is 68.3 Å². The quantitative estimate of drug-likeness (QED) is 0.580. The molecule has 1 radical (unpaired) electrons. The van der Waals surface area contributed by atoms with Gasteiger partial charge in [0, 0.05) is 111 Å². The Morgan fingerprint density at radius 1 is 0.667 bits per heavy atom. The molecule has 0 amide bonds. The minimum Gasteiger partial charge on any atom is -0.329 e. The third-order valence-corrected chi connectivity index (χ3v) is 0.167. The zero-order chi connectivity index (χ0) is 3.41. The van der Waals surface area contributed by atoms with Gasteiger partial charge < -0.3 is 11.5 Å². The second-order valence-electron chi connectivity index (χ2n) is 0.577. The molecule has 0 heterocycles. The zero-order valence-electron chi connectivity index (χ0n) is 4.98. The molecule has 9 heavy (non-hydrogen) atoms. The van der Waals surface area contributed by atoms with E-state index in [0.29, 0.717) is 13.1 Å². The molecule has 0 bridgehead atoms. The van der Waals surface area contributed by atoms with E-state index >= 15 is 0 Å². The van der Waals surface area contributed by atoms with Gasteiger partial charge in [-0.15, -0.1) is 0 Å². The average molecular weight is 306 g/mol. The summed E-state index contributed by atoms with van der Waals surface area (Å²) >= 11 is 0. The molecule has 7 heteroatoms. The van der Waals surface area contributed by atoms with Crippen molar-refractivity contribution in [2.24, 2.45) is 11.5 Å². The van der Waals surface area contributed by atoms with Gasteiger partial charge in [-0.05, 0) is 0 Å². The maximum absolute atomic E-state index is 4.90. The minimum absolute atomic E-state index is 0. The molecule has 0 aliphatic rings. The van der Waals surface area contributed by atoms with Gasteiger partial charge in [-0.1, -0.05) is 0 Å². The van der Waals surface area contributed by atoms with Crippen LogP contribution in [0.15, 0.2) is 0 Å². The largest absolute Gasteiger partial charge is 0.329 e. The van der Waals surface area contributed by atoms with Gasteiger partial charge in [0.05, 0.1) is 0 Å². The molecule has 0 fully saturated rings. The van der Waals surface area contributed by atoms with Gasteiger partial charge in [0.2, 0.25) is 0 Å². The molecular formula is C2H8Fe4N2Na. The van der Waals surface area contributed by atoms with Crippen molar-refractivity contribution in [1.29, 1.82) is 0 Å². The van der Waals surface area contributed by atoms with Crippen LogP contribution in [0.25, 0.3) is 0 Å². The summed E-state index contributed by atoms with van der Waals surface area (Å²) in [7, 11) is 0. The van der Waals surface area contributed by atoms with Gasteiger partial charge in [-0.25, -0.2) is 0 Å². The molecule has 59 valence electrons. The summed E-state index contributed by atoms with van der Waals surface area (Å²) < 4.78 is 0. The zero-order valence-corrected chi connectivity index (χ0v) is 11.4. The smallest absolute Gasteiger partial charge is 0.00461 e. The van der Waals surface area contributed by atoms with Crippen LogP contribution >= 0.6 is 0 Å². The molecular weight excluding hydrogens is 298 g/mol. The van der Waals surface area contributed by atoms with E-state index in [9.17, 15) is 0 Å². The Morgan fingerprint density at radius 2 is 0.778 bits per heavy atom. The SMILES string of the molecule is NCCN.[Fe].[Fe].[Fe].[Fe].[Na]. The maximum atomic E-state index is 4.90. The molecule has 0 aliphatic heterocycles. The van der Waals surface area contributed by atoms with Crippen LogP contribution in [0, 0.1) is 0 Å². The normalized spacial score (nSPS) is 3.33. The molecule has 0 saturated heterocycles. The van der Waals surface area contributed by atoms with E-state index < -0.39 is 0 Å². The van der Waals surface area contributed by atoms with Crippen LogP contribution in [0.2, 0.25) is 0 Å². The van der Waals surface area contributed by atoms with Gasteiger partial charge in [0.25, 0.3) is 0 Å². The van der Waals surface area contributed by atoms with E-state index in [1.165, 1.54) is 0 Å². The molecule has 0 rings (SSSR count). The Labute approximate surface area is 121 Å². The van der Waals surface area contributed by atoms with Crippen LogP contribution < -0.4 is 11.5 Å². The van der Waals surface area contributed by atoms with Crippen molar-refractivity contribution in [3.63, 3.8) is 0 Å². The van der Waals surface area contributed by atoms with E-state index in [-0.39, 0.29) is 97.8 Å². The van der Waals surface area contributed by atoms with Crippen molar-refractivity contribution in [2.45, 2.75) is 0 Å². The fraction of sp³-hybridized carbons (Fsp3) is 1.00. The fourth-order valence-corrected chi connectivity index (χ4v) is 0. The van der Waals surface area contributed by atoms with Crippen molar-refractivity contribution in [3.8, 4) is 0 Å². The van der Waals surface area contributed by atoms with Gasteiger partial charge in [0.1, 0.15) is 0 Å². The van der Waals surface area contributed by atoms with E-state index in [1.807, 2.05) is 0 Å². The summed E-state index contributed by atoms with van der Waals surface area (Å²) in [6, 6.07) is 0. The molecule has 4 N–H and O–H groups in total. The number of rotatable bonds is 1. The fourth-order valence-electron chi connectivity index (χ4n) is 0. The molecule has 0 unspecified atom stereocenters. The van der Waals surface area contributed by atoms with E-state index in [1.54, 1.807) is 0 Å². The summed E-state index contributed by atoms with van der Waals surface area (Å²) in [5, 5.41) is 0. The Balaban J connectivity index is -0.00000000450. The average Bonchev–Trinajstić information content (AvgIpc) is 1.37. The Kier molecular flexibility index (Phi) is 197. The number of hydrogen-bond acceptors (Lipinski definition) is 2. The predicted molar refractivity (Wildman–Crippen MR) is 23.9 cm³/mol. The first kappa shape index (κ1) is 40.3. The van der Waals surface area contributed by atoms with Crippen LogP contribution in [0.5, 0.6) is 0 Å². The van der Waals surface area contributed by atoms with Crippen molar-refractivity contribution >= 4 is 29.6 Å². The van der Waals surface area contributed by atoms with Crippen LogP contribution in [0.3, 0.4) is 0 Å². The maximum Gasteiger partial charge on any atom is 0.00461 e.